The Morgan fingerprint density at radius 2 is 1.95 bits per heavy atom. The Morgan fingerprint density at radius 3 is 2.50 bits per heavy atom. The first-order valence-electron chi connectivity index (χ1n) is 7.47. The first-order chi connectivity index (χ1) is 9.40. The summed E-state index contributed by atoms with van der Waals surface area (Å²) < 4.78 is 0. The lowest BCUT2D eigenvalue weighted by Gasteiger charge is -2.27. The lowest BCUT2D eigenvalue weighted by atomic mass is 9.98. The van der Waals surface area contributed by atoms with Crippen LogP contribution in [0.4, 0.5) is 0 Å². The van der Waals surface area contributed by atoms with Crippen molar-refractivity contribution in [1.29, 1.82) is 0 Å². The Balaban J connectivity index is 2.27. The number of carbonyl (C=O) groups excluding carboxylic acids is 1. The monoisotopic (exact) mass is 275 g/mol. The van der Waals surface area contributed by atoms with Crippen LogP contribution in [0, 0.1) is 20.8 Å². The van der Waals surface area contributed by atoms with Gasteiger partial charge in [0, 0.05) is 18.2 Å². The van der Waals surface area contributed by atoms with Gasteiger partial charge in [-0.2, -0.15) is 0 Å². The molecule has 1 aliphatic rings. The third-order valence-corrected chi connectivity index (χ3v) is 4.14. The summed E-state index contributed by atoms with van der Waals surface area (Å²) in [5, 5.41) is 9.59. The van der Waals surface area contributed by atoms with E-state index in [-0.39, 0.29) is 18.1 Å². The van der Waals surface area contributed by atoms with Gasteiger partial charge >= 0.3 is 0 Å². The van der Waals surface area contributed by atoms with Gasteiger partial charge in [0.05, 0.1) is 6.10 Å². The van der Waals surface area contributed by atoms with E-state index in [4.69, 9.17) is 0 Å². The minimum atomic E-state index is -0.353. The van der Waals surface area contributed by atoms with Gasteiger partial charge in [-0.3, -0.25) is 4.79 Å². The third kappa shape index (κ3) is 3.04. The maximum atomic E-state index is 12.8. The third-order valence-electron chi connectivity index (χ3n) is 4.14. The number of aliphatic hydroxyl groups excluding tert-OH is 1. The number of likely N-dealkylation sites (tertiary alicyclic amines) is 1. The number of amides is 1. The smallest absolute Gasteiger partial charge is 0.254 e. The molecule has 2 atom stereocenters. The number of carbonyl (C=O) groups is 1. The van der Waals surface area contributed by atoms with Gasteiger partial charge in [0.1, 0.15) is 0 Å². The molecule has 1 N–H and O–H groups in total. The van der Waals surface area contributed by atoms with Crippen LogP contribution in [-0.2, 0) is 0 Å². The van der Waals surface area contributed by atoms with Crippen LogP contribution in [-0.4, -0.2) is 34.6 Å². The molecule has 1 heterocycles. The van der Waals surface area contributed by atoms with Gasteiger partial charge in [0.15, 0.2) is 0 Å². The molecule has 0 spiro atoms. The number of aliphatic hydroxyl groups is 1. The fourth-order valence-corrected chi connectivity index (χ4v) is 3.40. The van der Waals surface area contributed by atoms with Crippen molar-refractivity contribution in [3.63, 3.8) is 0 Å². The number of hydrogen-bond acceptors (Lipinski definition) is 2. The van der Waals surface area contributed by atoms with Crippen LogP contribution in [0.2, 0.25) is 0 Å². The topological polar surface area (TPSA) is 40.5 Å². The second-order valence-electron chi connectivity index (χ2n) is 6.15. The summed E-state index contributed by atoms with van der Waals surface area (Å²) >= 11 is 0. The maximum Gasteiger partial charge on any atom is 0.254 e. The highest BCUT2D eigenvalue weighted by Gasteiger charge is 2.31. The SMILES string of the molecule is Cc1cc(C)c(C(=O)N2CCCC2CC(C)O)c(C)c1. The minimum Gasteiger partial charge on any atom is -0.393 e. The molecule has 2 unspecified atom stereocenters. The first-order valence-corrected chi connectivity index (χ1v) is 7.47. The molecular formula is C17H25NO2. The second kappa shape index (κ2) is 5.96. The summed E-state index contributed by atoms with van der Waals surface area (Å²) in [5.41, 5.74) is 4.14. The molecule has 20 heavy (non-hydrogen) atoms. The number of rotatable bonds is 3. The van der Waals surface area contributed by atoms with Crippen molar-refractivity contribution in [2.24, 2.45) is 0 Å². The van der Waals surface area contributed by atoms with Crippen LogP contribution in [0.1, 0.15) is 53.2 Å². The normalized spacial score (nSPS) is 20.2. The van der Waals surface area contributed by atoms with E-state index in [0.717, 1.165) is 36.1 Å². The summed E-state index contributed by atoms with van der Waals surface area (Å²) in [6.45, 7) is 8.67. The maximum absolute atomic E-state index is 12.8. The van der Waals surface area contributed by atoms with E-state index in [0.29, 0.717) is 6.42 Å². The molecule has 0 aliphatic carbocycles. The molecule has 3 heteroatoms. The van der Waals surface area contributed by atoms with Crippen molar-refractivity contribution in [2.75, 3.05) is 6.54 Å². The summed E-state index contributed by atoms with van der Waals surface area (Å²) in [4.78, 5) is 14.8. The van der Waals surface area contributed by atoms with E-state index >= 15 is 0 Å². The number of hydrogen-bond donors (Lipinski definition) is 1. The predicted octanol–water partition coefficient (Wildman–Crippen LogP) is 2.99. The van der Waals surface area contributed by atoms with E-state index in [9.17, 15) is 9.90 Å². The molecule has 0 bridgehead atoms. The zero-order valence-corrected chi connectivity index (χ0v) is 12.9. The molecule has 1 fully saturated rings. The summed E-state index contributed by atoms with van der Waals surface area (Å²) in [6, 6.07) is 4.32. The Labute approximate surface area is 121 Å². The minimum absolute atomic E-state index is 0.128. The Kier molecular flexibility index (Phi) is 4.48. The van der Waals surface area contributed by atoms with Crippen molar-refractivity contribution in [3.8, 4) is 0 Å². The van der Waals surface area contributed by atoms with E-state index in [2.05, 4.69) is 19.1 Å². The van der Waals surface area contributed by atoms with Crippen LogP contribution in [0.3, 0.4) is 0 Å². The van der Waals surface area contributed by atoms with Crippen LogP contribution in [0.15, 0.2) is 12.1 Å². The van der Waals surface area contributed by atoms with Gasteiger partial charge < -0.3 is 10.0 Å². The molecule has 1 aliphatic heterocycles. The van der Waals surface area contributed by atoms with E-state index in [1.54, 1.807) is 6.92 Å². The van der Waals surface area contributed by atoms with E-state index in [1.165, 1.54) is 5.56 Å². The molecule has 1 aromatic rings. The van der Waals surface area contributed by atoms with Crippen LogP contribution in [0.5, 0.6) is 0 Å². The zero-order valence-electron chi connectivity index (χ0n) is 12.9. The van der Waals surface area contributed by atoms with Crippen molar-refractivity contribution < 1.29 is 9.90 Å². The standard InChI is InChI=1S/C17H25NO2/c1-11-8-12(2)16(13(3)9-11)17(20)18-7-5-6-15(18)10-14(4)19/h8-9,14-15,19H,5-7,10H2,1-4H3. The van der Waals surface area contributed by atoms with Crippen LogP contribution in [0.25, 0.3) is 0 Å². The van der Waals surface area contributed by atoms with Gasteiger partial charge in [-0.25, -0.2) is 0 Å². The van der Waals surface area contributed by atoms with Gasteiger partial charge in [0.25, 0.3) is 5.91 Å². The van der Waals surface area contributed by atoms with Gasteiger partial charge in [-0.15, -0.1) is 0 Å². The molecule has 0 radical (unpaired) electrons. The Morgan fingerprint density at radius 1 is 1.35 bits per heavy atom. The average Bonchev–Trinajstić information content (AvgIpc) is 2.74. The van der Waals surface area contributed by atoms with Crippen LogP contribution >= 0.6 is 0 Å². The van der Waals surface area contributed by atoms with Gasteiger partial charge in [0.2, 0.25) is 0 Å². The van der Waals surface area contributed by atoms with E-state index in [1.807, 2.05) is 18.7 Å². The van der Waals surface area contributed by atoms with Crippen LogP contribution < -0.4 is 0 Å². The fourth-order valence-electron chi connectivity index (χ4n) is 3.40. The van der Waals surface area contributed by atoms with Gasteiger partial charge in [-0.1, -0.05) is 17.7 Å². The number of nitrogens with zero attached hydrogens (tertiary/aromatic N) is 1. The van der Waals surface area contributed by atoms with Crippen molar-refractivity contribution in [3.05, 3.63) is 34.4 Å². The molecule has 110 valence electrons. The van der Waals surface area contributed by atoms with E-state index < -0.39 is 0 Å². The molecule has 0 aromatic heterocycles. The lowest BCUT2D eigenvalue weighted by molar-refractivity contribution is 0.0680. The summed E-state index contributed by atoms with van der Waals surface area (Å²) in [7, 11) is 0. The predicted molar refractivity (Wildman–Crippen MR) is 81.0 cm³/mol. The first kappa shape index (κ1) is 15.0. The molecular weight excluding hydrogens is 250 g/mol. The summed E-state index contributed by atoms with van der Waals surface area (Å²) in [5.74, 6) is 0.128. The highest BCUT2D eigenvalue weighted by atomic mass is 16.3. The molecule has 0 saturated carbocycles. The Bertz CT molecular complexity index is 485. The van der Waals surface area contributed by atoms with Gasteiger partial charge in [-0.05, 0) is 58.1 Å². The number of benzene rings is 1. The molecule has 1 amide bonds. The molecule has 1 aromatic carbocycles. The van der Waals surface area contributed by atoms with Crippen molar-refractivity contribution in [2.45, 2.75) is 59.1 Å². The largest absolute Gasteiger partial charge is 0.393 e. The zero-order chi connectivity index (χ0) is 14.9. The highest BCUT2D eigenvalue weighted by molar-refractivity contribution is 5.97. The highest BCUT2D eigenvalue weighted by Crippen LogP contribution is 2.26. The molecule has 2 rings (SSSR count). The summed E-state index contributed by atoms with van der Waals surface area (Å²) in [6.07, 6.45) is 2.36. The quantitative estimate of drug-likeness (QED) is 0.921. The lowest BCUT2D eigenvalue weighted by Crippen LogP contribution is -2.37. The second-order valence-corrected chi connectivity index (χ2v) is 6.15. The number of aryl methyl sites for hydroxylation is 3. The van der Waals surface area contributed by atoms with Crippen molar-refractivity contribution in [1.82, 2.24) is 4.90 Å². The van der Waals surface area contributed by atoms with Crippen molar-refractivity contribution >= 4 is 5.91 Å². The molecule has 1 saturated heterocycles. The Hall–Kier alpha value is -1.35. The average molecular weight is 275 g/mol. The fraction of sp³-hybridized carbons (Fsp3) is 0.588. The molecule has 3 nitrogen and oxygen atoms in total.